The molecule has 0 saturated carbocycles. The lowest BCUT2D eigenvalue weighted by molar-refractivity contribution is 0.648. The third-order valence-electron chi connectivity index (χ3n) is 3.80. The highest BCUT2D eigenvalue weighted by atomic mass is 15.2. The van der Waals surface area contributed by atoms with Crippen molar-refractivity contribution in [1.29, 1.82) is 0 Å². The largest absolute Gasteiger partial charge is 0.399 e. The molecule has 2 aliphatic rings. The Hall–Kier alpha value is -1.18. The third-order valence-corrected chi connectivity index (χ3v) is 3.80. The average Bonchev–Trinajstić information content (AvgIpc) is 2.58. The van der Waals surface area contributed by atoms with E-state index in [1.807, 2.05) is 0 Å². The molecule has 0 bridgehead atoms. The molecule has 0 spiro atoms. The minimum absolute atomic E-state index is 0.709. The van der Waals surface area contributed by atoms with Gasteiger partial charge < -0.3 is 10.6 Å². The smallest absolute Gasteiger partial charge is 0.0436 e. The average molecular weight is 202 g/mol. The van der Waals surface area contributed by atoms with Gasteiger partial charge in [0.1, 0.15) is 0 Å². The second kappa shape index (κ2) is 3.16. The number of nitrogen functional groups attached to an aromatic ring is 1. The molecule has 2 heteroatoms. The molecule has 1 aromatic rings. The summed E-state index contributed by atoms with van der Waals surface area (Å²) in [6.45, 7) is 4.72. The number of hydrogen-bond acceptors (Lipinski definition) is 2. The zero-order chi connectivity index (χ0) is 10.4. The van der Waals surface area contributed by atoms with Gasteiger partial charge in [0.25, 0.3) is 0 Å². The number of nitrogens with zero attached hydrogens (tertiary/aromatic N) is 1. The Morgan fingerprint density at radius 3 is 3.13 bits per heavy atom. The minimum atomic E-state index is 0.709. The summed E-state index contributed by atoms with van der Waals surface area (Å²) in [4.78, 5) is 2.56. The summed E-state index contributed by atoms with van der Waals surface area (Å²) in [7, 11) is 0. The normalized spacial score (nSPS) is 23.0. The maximum atomic E-state index is 5.98. The van der Waals surface area contributed by atoms with Crippen molar-refractivity contribution in [3.05, 3.63) is 23.3 Å². The van der Waals surface area contributed by atoms with E-state index in [9.17, 15) is 0 Å². The highest BCUT2D eigenvalue weighted by Crippen LogP contribution is 2.44. The molecule has 3 rings (SSSR count). The predicted octanol–water partition coefficient (Wildman–Crippen LogP) is 2.53. The van der Waals surface area contributed by atoms with Crippen LogP contribution < -0.4 is 10.6 Å². The highest BCUT2D eigenvalue weighted by Gasteiger charge is 2.31. The van der Waals surface area contributed by atoms with Crippen LogP contribution in [0.2, 0.25) is 0 Å². The summed E-state index contributed by atoms with van der Waals surface area (Å²) in [5.74, 6) is 0.709. The molecule has 0 amide bonds. The lowest BCUT2D eigenvalue weighted by atomic mass is 9.94. The number of nitrogens with two attached hydrogens (primary N) is 1. The van der Waals surface area contributed by atoms with E-state index in [-0.39, 0.29) is 0 Å². The fourth-order valence-corrected chi connectivity index (χ4v) is 3.10. The van der Waals surface area contributed by atoms with Crippen LogP contribution in [0.15, 0.2) is 12.1 Å². The van der Waals surface area contributed by atoms with Crippen LogP contribution in [0.25, 0.3) is 0 Å². The second-order valence-electron chi connectivity index (χ2n) is 4.77. The van der Waals surface area contributed by atoms with Crippen molar-refractivity contribution >= 4 is 11.4 Å². The topological polar surface area (TPSA) is 29.3 Å². The Balaban J connectivity index is 2.18. The maximum absolute atomic E-state index is 5.98. The van der Waals surface area contributed by atoms with Crippen LogP contribution in [0.5, 0.6) is 0 Å². The Morgan fingerprint density at radius 1 is 1.47 bits per heavy atom. The molecule has 80 valence electrons. The molecule has 0 radical (unpaired) electrons. The summed E-state index contributed by atoms with van der Waals surface area (Å²) in [5, 5.41) is 0. The van der Waals surface area contributed by atoms with Crippen LogP contribution in [0.4, 0.5) is 11.4 Å². The molecule has 15 heavy (non-hydrogen) atoms. The molecule has 2 nitrogen and oxygen atoms in total. The summed E-state index contributed by atoms with van der Waals surface area (Å²) in [6.07, 6.45) is 3.72. The Morgan fingerprint density at radius 2 is 2.33 bits per heavy atom. The van der Waals surface area contributed by atoms with E-state index in [2.05, 4.69) is 24.0 Å². The van der Waals surface area contributed by atoms with Gasteiger partial charge in [-0.1, -0.05) is 6.92 Å². The first kappa shape index (κ1) is 9.08. The van der Waals surface area contributed by atoms with Gasteiger partial charge in [-0.2, -0.15) is 0 Å². The van der Waals surface area contributed by atoms with Gasteiger partial charge in [-0.15, -0.1) is 0 Å². The molecular formula is C13H18N2. The lowest BCUT2D eigenvalue weighted by Crippen LogP contribution is -2.27. The fraction of sp³-hybridized carbons (Fsp3) is 0.538. The molecule has 0 aliphatic carbocycles. The van der Waals surface area contributed by atoms with Gasteiger partial charge in [0.15, 0.2) is 0 Å². The molecule has 0 saturated heterocycles. The molecule has 0 aromatic heterocycles. The van der Waals surface area contributed by atoms with E-state index in [1.165, 1.54) is 49.2 Å². The zero-order valence-corrected chi connectivity index (χ0v) is 9.29. The quantitative estimate of drug-likeness (QED) is 0.709. The molecular weight excluding hydrogens is 184 g/mol. The third kappa shape index (κ3) is 1.24. The van der Waals surface area contributed by atoms with Crippen LogP contribution in [-0.4, -0.2) is 13.1 Å². The van der Waals surface area contributed by atoms with E-state index in [1.54, 1.807) is 0 Å². The van der Waals surface area contributed by atoms with Gasteiger partial charge >= 0.3 is 0 Å². The fourth-order valence-electron chi connectivity index (χ4n) is 3.10. The van der Waals surface area contributed by atoms with Crippen molar-refractivity contribution in [2.75, 3.05) is 23.7 Å². The molecule has 1 aromatic carbocycles. The number of anilines is 2. The van der Waals surface area contributed by atoms with Crippen molar-refractivity contribution in [3.63, 3.8) is 0 Å². The van der Waals surface area contributed by atoms with Crippen LogP contribution in [-0.2, 0) is 6.42 Å². The molecule has 1 unspecified atom stereocenters. The van der Waals surface area contributed by atoms with Crippen LogP contribution in [0, 0.1) is 0 Å². The second-order valence-corrected chi connectivity index (χ2v) is 4.77. The van der Waals surface area contributed by atoms with Gasteiger partial charge in [-0.3, -0.25) is 0 Å². The van der Waals surface area contributed by atoms with E-state index in [0.29, 0.717) is 5.92 Å². The van der Waals surface area contributed by atoms with Gasteiger partial charge in [0, 0.05) is 30.4 Å². The molecule has 1 atom stereocenters. The Kier molecular flexibility index (Phi) is 1.91. The highest BCUT2D eigenvalue weighted by molar-refractivity contribution is 5.70. The number of benzene rings is 1. The standard InChI is InChI=1S/C13H18N2/c1-2-9-8-15-5-3-4-10-6-11(14)7-12(9)13(10)15/h6-7,9H,2-5,8,14H2,1H3. The van der Waals surface area contributed by atoms with Gasteiger partial charge in [-0.25, -0.2) is 0 Å². The van der Waals surface area contributed by atoms with Gasteiger partial charge in [0.2, 0.25) is 0 Å². The molecule has 2 heterocycles. The maximum Gasteiger partial charge on any atom is 0.0436 e. The minimum Gasteiger partial charge on any atom is -0.399 e. The summed E-state index contributed by atoms with van der Waals surface area (Å²) in [5.41, 5.74) is 11.4. The number of hydrogen-bond donors (Lipinski definition) is 1. The predicted molar refractivity (Wildman–Crippen MR) is 64.4 cm³/mol. The molecule has 2 N–H and O–H groups in total. The molecule has 0 fully saturated rings. The first-order valence-electron chi connectivity index (χ1n) is 5.97. The van der Waals surface area contributed by atoms with E-state index < -0.39 is 0 Å². The Labute approximate surface area is 91.1 Å². The first-order valence-corrected chi connectivity index (χ1v) is 5.97. The molecule has 2 aliphatic heterocycles. The van der Waals surface area contributed by atoms with Crippen molar-refractivity contribution < 1.29 is 0 Å². The van der Waals surface area contributed by atoms with E-state index in [4.69, 9.17) is 5.73 Å². The van der Waals surface area contributed by atoms with Crippen LogP contribution in [0.3, 0.4) is 0 Å². The SMILES string of the molecule is CCC1CN2CCCc3cc(N)cc1c32. The van der Waals surface area contributed by atoms with Gasteiger partial charge in [-0.05, 0) is 42.5 Å². The number of rotatable bonds is 1. The van der Waals surface area contributed by atoms with Crippen molar-refractivity contribution in [3.8, 4) is 0 Å². The lowest BCUT2D eigenvalue weighted by Gasteiger charge is -2.27. The first-order chi connectivity index (χ1) is 7.29. The number of aryl methyl sites for hydroxylation is 1. The summed E-state index contributed by atoms with van der Waals surface area (Å²) < 4.78 is 0. The van der Waals surface area contributed by atoms with Crippen LogP contribution >= 0.6 is 0 Å². The summed E-state index contributed by atoms with van der Waals surface area (Å²) in [6, 6.07) is 4.36. The zero-order valence-electron chi connectivity index (χ0n) is 9.29. The van der Waals surface area contributed by atoms with Crippen molar-refractivity contribution in [2.24, 2.45) is 0 Å². The van der Waals surface area contributed by atoms with Gasteiger partial charge in [0.05, 0.1) is 0 Å². The van der Waals surface area contributed by atoms with Crippen molar-refractivity contribution in [1.82, 2.24) is 0 Å². The van der Waals surface area contributed by atoms with E-state index in [0.717, 1.165) is 5.69 Å². The van der Waals surface area contributed by atoms with E-state index >= 15 is 0 Å². The summed E-state index contributed by atoms with van der Waals surface area (Å²) >= 11 is 0. The van der Waals surface area contributed by atoms with Crippen molar-refractivity contribution in [2.45, 2.75) is 32.1 Å². The van der Waals surface area contributed by atoms with Crippen LogP contribution in [0.1, 0.15) is 36.8 Å². The monoisotopic (exact) mass is 202 g/mol. The Bertz CT molecular complexity index is 398.